The number of nitrogens with zero attached hydrogens (tertiary/aromatic N) is 2. The van der Waals surface area contributed by atoms with E-state index in [1.54, 1.807) is 16.0 Å². The van der Waals surface area contributed by atoms with E-state index in [0.717, 1.165) is 17.1 Å². The Balaban J connectivity index is 2.61. The predicted octanol–water partition coefficient (Wildman–Crippen LogP) is 2.85. The predicted molar refractivity (Wildman–Crippen MR) is 65.0 cm³/mol. The Hall–Kier alpha value is -1.29. The van der Waals surface area contributed by atoms with Crippen molar-refractivity contribution in [3.05, 3.63) is 23.1 Å². The highest BCUT2D eigenvalue weighted by molar-refractivity contribution is 7.13. The third-order valence-electron chi connectivity index (χ3n) is 2.46. The molecule has 2 aromatic rings. The second kappa shape index (κ2) is 3.70. The van der Waals surface area contributed by atoms with Gasteiger partial charge in [-0.05, 0) is 17.4 Å². The van der Waals surface area contributed by atoms with Crippen LogP contribution in [0.1, 0.15) is 25.3 Å². The molecule has 2 aromatic heterocycles. The third kappa shape index (κ3) is 1.65. The van der Waals surface area contributed by atoms with Crippen LogP contribution in [0.2, 0.25) is 0 Å². The lowest BCUT2D eigenvalue weighted by Gasteiger charge is -2.05. The normalized spacial score (nSPS) is 11.2. The van der Waals surface area contributed by atoms with E-state index in [0.29, 0.717) is 5.92 Å². The van der Waals surface area contributed by atoms with Crippen molar-refractivity contribution in [2.45, 2.75) is 19.8 Å². The van der Waals surface area contributed by atoms with E-state index in [4.69, 9.17) is 5.73 Å². The molecule has 0 amide bonds. The Morgan fingerprint density at radius 2 is 2.20 bits per heavy atom. The van der Waals surface area contributed by atoms with Crippen molar-refractivity contribution in [1.82, 2.24) is 9.78 Å². The van der Waals surface area contributed by atoms with Crippen LogP contribution in [0.25, 0.3) is 10.6 Å². The molecule has 0 aliphatic heterocycles. The molecule has 0 bridgehead atoms. The van der Waals surface area contributed by atoms with Gasteiger partial charge in [-0.15, -0.1) is 11.3 Å². The van der Waals surface area contributed by atoms with Crippen LogP contribution < -0.4 is 5.73 Å². The van der Waals surface area contributed by atoms with Crippen molar-refractivity contribution in [2.75, 3.05) is 5.73 Å². The zero-order valence-electron chi connectivity index (χ0n) is 9.19. The first-order valence-corrected chi connectivity index (χ1v) is 5.85. The van der Waals surface area contributed by atoms with Crippen molar-refractivity contribution < 1.29 is 0 Å². The summed E-state index contributed by atoms with van der Waals surface area (Å²) in [5.74, 6) is 1.17. The highest BCUT2D eigenvalue weighted by Crippen LogP contribution is 2.34. The molecule has 0 aliphatic carbocycles. The summed E-state index contributed by atoms with van der Waals surface area (Å²) in [7, 11) is 1.89. The lowest BCUT2D eigenvalue weighted by molar-refractivity contribution is 0.780. The molecule has 0 aromatic carbocycles. The molecule has 0 aliphatic rings. The second-order valence-corrected chi connectivity index (χ2v) is 4.85. The van der Waals surface area contributed by atoms with Crippen LogP contribution in [0.4, 0.5) is 5.82 Å². The van der Waals surface area contributed by atoms with Gasteiger partial charge in [0.1, 0.15) is 11.5 Å². The lowest BCUT2D eigenvalue weighted by atomic mass is 10.0. The van der Waals surface area contributed by atoms with Crippen molar-refractivity contribution in [2.24, 2.45) is 7.05 Å². The smallest absolute Gasteiger partial charge is 0.125 e. The van der Waals surface area contributed by atoms with Crippen LogP contribution in [-0.2, 0) is 7.05 Å². The quantitative estimate of drug-likeness (QED) is 0.847. The second-order valence-electron chi connectivity index (χ2n) is 3.90. The van der Waals surface area contributed by atoms with Gasteiger partial charge in [-0.3, -0.25) is 4.68 Å². The molecule has 0 saturated heterocycles. The van der Waals surface area contributed by atoms with Gasteiger partial charge in [-0.2, -0.15) is 5.10 Å². The fourth-order valence-electron chi connectivity index (χ4n) is 1.72. The number of aromatic nitrogens is 2. The molecule has 0 atom stereocenters. The molecule has 0 spiro atoms. The van der Waals surface area contributed by atoms with E-state index in [1.807, 2.05) is 13.1 Å². The molecular formula is C11H15N3S. The van der Waals surface area contributed by atoms with Crippen molar-refractivity contribution in [3.63, 3.8) is 0 Å². The third-order valence-corrected chi connectivity index (χ3v) is 3.34. The number of thiophene rings is 1. The summed E-state index contributed by atoms with van der Waals surface area (Å²) in [5.41, 5.74) is 8.20. The zero-order valence-corrected chi connectivity index (χ0v) is 10.0. The SMILES string of the molecule is CC(C)c1c(-c2cccs2)nn(C)c1N. The van der Waals surface area contributed by atoms with Crippen LogP contribution in [0.3, 0.4) is 0 Å². The Kier molecular flexibility index (Phi) is 2.52. The van der Waals surface area contributed by atoms with Crippen LogP contribution in [0.15, 0.2) is 17.5 Å². The minimum Gasteiger partial charge on any atom is -0.384 e. The minimum absolute atomic E-state index is 0.399. The van der Waals surface area contributed by atoms with E-state index in [-0.39, 0.29) is 0 Å². The molecule has 0 radical (unpaired) electrons. The van der Waals surface area contributed by atoms with Gasteiger partial charge in [0, 0.05) is 12.6 Å². The van der Waals surface area contributed by atoms with Crippen molar-refractivity contribution >= 4 is 17.2 Å². The molecule has 15 heavy (non-hydrogen) atoms. The Bertz CT molecular complexity index is 454. The average molecular weight is 221 g/mol. The standard InChI is InChI=1S/C11H15N3S/c1-7(2)9-10(8-5-4-6-15-8)13-14(3)11(9)12/h4-7H,12H2,1-3H3. The van der Waals surface area contributed by atoms with Crippen molar-refractivity contribution in [1.29, 1.82) is 0 Å². The van der Waals surface area contributed by atoms with E-state index >= 15 is 0 Å². The molecule has 3 nitrogen and oxygen atoms in total. The van der Waals surface area contributed by atoms with Crippen LogP contribution in [0.5, 0.6) is 0 Å². The number of anilines is 1. The number of hydrogen-bond donors (Lipinski definition) is 1. The summed E-state index contributed by atoms with van der Waals surface area (Å²) in [6, 6.07) is 4.12. The summed E-state index contributed by atoms with van der Waals surface area (Å²) >= 11 is 1.70. The number of nitrogen functional groups attached to an aromatic ring is 1. The average Bonchev–Trinajstić information content (AvgIpc) is 2.75. The molecule has 0 fully saturated rings. The van der Waals surface area contributed by atoms with Crippen LogP contribution >= 0.6 is 11.3 Å². The van der Waals surface area contributed by atoms with Gasteiger partial charge in [0.2, 0.25) is 0 Å². The lowest BCUT2D eigenvalue weighted by Crippen LogP contribution is -2.00. The highest BCUT2D eigenvalue weighted by atomic mass is 32.1. The number of rotatable bonds is 2. The van der Waals surface area contributed by atoms with Crippen molar-refractivity contribution in [3.8, 4) is 10.6 Å². The summed E-state index contributed by atoms with van der Waals surface area (Å²) in [5, 5.41) is 6.54. The Labute approximate surface area is 93.5 Å². The van der Waals surface area contributed by atoms with Gasteiger partial charge in [0.15, 0.2) is 0 Å². The molecular weight excluding hydrogens is 206 g/mol. The van der Waals surface area contributed by atoms with E-state index in [1.165, 1.54) is 4.88 Å². The van der Waals surface area contributed by atoms with E-state index < -0.39 is 0 Å². The largest absolute Gasteiger partial charge is 0.384 e. The molecule has 2 rings (SSSR count). The zero-order chi connectivity index (χ0) is 11.0. The fourth-order valence-corrected chi connectivity index (χ4v) is 2.44. The first-order valence-electron chi connectivity index (χ1n) is 4.97. The monoisotopic (exact) mass is 221 g/mol. The van der Waals surface area contributed by atoms with Crippen LogP contribution in [0, 0.1) is 0 Å². The summed E-state index contributed by atoms with van der Waals surface area (Å²) in [6.45, 7) is 4.29. The summed E-state index contributed by atoms with van der Waals surface area (Å²) < 4.78 is 1.75. The van der Waals surface area contributed by atoms with Gasteiger partial charge in [-0.25, -0.2) is 0 Å². The molecule has 2 N–H and O–H groups in total. The minimum atomic E-state index is 0.399. The number of hydrogen-bond acceptors (Lipinski definition) is 3. The number of aryl methyl sites for hydroxylation is 1. The first-order chi connectivity index (χ1) is 7.11. The van der Waals surface area contributed by atoms with Gasteiger partial charge >= 0.3 is 0 Å². The van der Waals surface area contributed by atoms with E-state index in [9.17, 15) is 0 Å². The Morgan fingerprint density at radius 3 is 2.73 bits per heavy atom. The maximum absolute atomic E-state index is 6.02. The van der Waals surface area contributed by atoms with E-state index in [2.05, 4.69) is 30.4 Å². The van der Waals surface area contributed by atoms with Gasteiger partial charge < -0.3 is 5.73 Å². The molecule has 2 heterocycles. The highest BCUT2D eigenvalue weighted by Gasteiger charge is 2.18. The van der Waals surface area contributed by atoms with Gasteiger partial charge in [0.05, 0.1) is 4.88 Å². The maximum Gasteiger partial charge on any atom is 0.125 e. The fraction of sp³-hybridized carbons (Fsp3) is 0.364. The molecule has 80 valence electrons. The summed E-state index contributed by atoms with van der Waals surface area (Å²) in [6.07, 6.45) is 0. The van der Waals surface area contributed by atoms with Gasteiger partial charge in [0.25, 0.3) is 0 Å². The molecule has 4 heteroatoms. The number of nitrogens with two attached hydrogens (primary N) is 1. The topological polar surface area (TPSA) is 43.8 Å². The molecule has 0 unspecified atom stereocenters. The van der Waals surface area contributed by atoms with Gasteiger partial charge in [-0.1, -0.05) is 19.9 Å². The molecule has 0 saturated carbocycles. The summed E-state index contributed by atoms with van der Waals surface area (Å²) in [4.78, 5) is 1.19. The Morgan fingerprint density at radius 1 is 1.47 bits per heavy atom. The maximum atomic E-state index is 6.02. The van der Waals surface area contributed by atoms with Crippen LogP contribution in [-0.4, -0.2) is 9.78 Å². The first kappa shape index (κ1) is 10.2.